The molecule has 3 heterocycles. The Labute approximate surface area is 187 Å². The zero-order valence-corrected chi connectivity index (χ0v) is 18.2. The number of rotatable bonds is 4. The van der Waals surface area contributed by atoms with Crippen LogP contribution in [0.4, 0.5) is 4.79 Å². The smallest absolute Gasteiger partial charge is 0.410 e. The second-order valence-corrected chi connectivity index (χ2v) is 8.80. The van der Waals surface area contributed by atoms with E-state index in [1.807, 2.05) is 23.1 Å². The minimum atomic E-state index is -0.819. The van der Waals surface area contributed by atoms with Crippen molar-refractivity contribution in [2.24, 2.45) is 11.8 Å². The van der Waals surface area contributed by atoms with Crippen LogP contribution in [0.5, 0.6) is 0 Å². The third-order valence-electron chi connectivity index (χ3n) is 6.87. The van der Waals surface area contributed by atoms with Gasteiger partial charge in [-0.1, -0.05) is 30.3 Å². The lowest BCUT2D eigenvalue weighted by atomic mass is 9.82. The number of nitrogens with zero attached hydrogens (tertiary/aromatic N) is 2. The molecule has 174 valence electrons. The highest BCUT2D eigenvalue weighted by Crippen LogP contribution is 2.32. The van der Waals surface area contributed by atoms with E-state index >= 15 is 0 Å². The van der Waals surface area contributed by atoms with E-state index in [-0.39, 0.29) is 18.6 Å². The molecule has 4 rings (SSSR count). The van der Waals surface area contributed by atoms with Crippen molar-refractivity contribution in [2.45, 2.75) is 37.7 Å². The zero-order valence-electron chi connectivity index (χ0n) is 18.2. The number of carbonyl (C=O) groups is 3. The maximum atomic E-state index is 13.3. The van der Waals surface area contributed by atoms with Gasteiger partial charge >= 0.3 is 6.09 Å². The van der Waals surface area contributed by atoms with Crippen molar-refractivity contribution >= 4 is 17.9 Å². The normalized spacial score (nSPS) is 26.6. The predicted octanol–water partition coefficient (Wildman–Crippen LogP) is 1.76. The maximum Gasteiger partial charge on any atom is 0.410 e. The molecule has 3 atom stereocenters. The van der Waals surface area contributed by atoms with E-state index in [4.69, 9.17) is 9.47 Å². The average Bonchev–Trinajstić information content (AvgIpc) is 3.36. The number of ether oxygens (including phenoxy) is 2. The molecular weight excluding hydrogens is 414 g/mol. The highest BCUT2D eigenvalue weighted by Gasteiger charge is 2.43. The number of carbonyl (C=O) groups excluding carboxylic acids is 3. The lowest BCUT2D eigenvalue weighted by Gasteiger charge is -2.40. The number of hydrogen-bond acceptors (Lipinski definition) is 6. The SMILES string of the molecule is O=C(NO)[C@H]1CN(C(=O)O[C@@H]2CCOC2)CC[C@@H]1C(=O)N1CCC(c2ccccc2)CC1. The minimum Gasteiger partial charge on any atom is -0.444 e. The topological polar surface area (TPSA) is 108 Å². The molecule has 2 N–H and O–H groups in total. The fourth-order valence-electron chi connectivity index (χ4n) is 4.98. The van der Waals surface area contributed by atoms with E-state index in [0.29, 0.717) is 51.6 Å². The number of nitrogens with one attached hydrogen (secondary N) is 1. The Balaban J connectivity index is 1.36. The second kappa shape index (κ2) is 10.3. The summed E-state index contributed by atoms with van der Waals surface area (Å²) in [6, 6.07) is 10.3. The highest BCUT2D eigenvalue weighted by atomic mass is 16.6. The molecule has 0 radical (unpaired) electrons. The molecule has 0 aliphatic carbocycles. The second-order valence-electron chi connectivity index (χ2n) is 8.80. The van der Waals surface area contributed by atoms with Crippen molar-refractivity contribution < 1.29 is 29.1 Å². The van der Waals surface area contributed by atoms with E-state index in [9.17, 15) is 19.6 Å². The minimum absolute atomic E-state index is 0.0374. The summed E-state index contributed by atoms with van der Waals surface area (Å²) in [7, 11) is 0. The van der Waals surface area contributed by atoms with Gasteiger partial charge in [-0.3, -0.25) is 14.8 Å². The molecular formula is C23H31N3O6. The van der Waals surface area contributed by atoms with Crippen LogP contribution in [0.1, 0.15) is 37.2 Å². The molecule has 3 amide bonds. The predicted molar refractivity (Wildman–Crippen MR) is 114 cm³/mol. The zero-order chi connectivity index (χ0) is 22.5. The number of benzene rings is 1. The van der Waals surface area contributed by atoms with Crippen molar-refractivity contribution in [1.82, 2.24) is 15.3 Å². The maximum absolute atomic E-state index is 13.3. The Morgan fingerprint density at radius 1 is 0.969 bits per heavy atom. The van der Waals surface area contributed by atoms with E-state index in [1.54, 1.807) is 5.48 Å². The molecule has 0 spiro atoms. The van der Waals surface area contributed by atoms with Gasteiger partial charge in [0.05, 0.1) is 25.0 Å². The van der Waals surface area contributed by atoms with E-state index in [2.05, 4.69) is 12.1 Å². The fraction of sp³-hybridized carbons (Fsp3) is 0.609. The Morgan fingerprint density at radius 2 is 1.69 bits per heavy atom. The fourth-order valence-corrected chi connectivity index (χ4v) is 4.98. The van der Waals surface area contributed by atoms with Gasteiger partial charge in [0.15, 0.2) is 0 Å². The van der Waals surface area contributed by atoms with Crippen molar-refractivity contribution in [3.63, 3.8) is 0 Å². The van der Waals surface area contributed by atoms with Gasteiger partial charge in [0.2, 0.25) is 11.8 Å². The summed E-state index contributed by atoms with van der Waals surface area (Å²) in [5, 5.41) is 9.24. The largest absolute Gasteiger partial charge is 0.444 e. The van der Waals surface area contributed by atoms with E-state index < -0.39 is 23.8 Å². The summed E-state index contributed by atoms with van der Waals surface area (Å²) >= 11 is 0. The third-order valence-corrected chi connectivity index (χ3v) is 6.87. The molecule has 9 heteroatoms. The molecule has 0 aromatic heterocycles. The summed E-state index contributed by atoms with van der Waals surface area (Å²) in [6.45, 7) is 2.57. The van der Waals surface area contributed by atoms with Gasteiger partial charge in [-0.2, -0.15) is 0 Å². The Morgan fingerprint density at radius 3 is 2.34 bits per heavy atom. The molecule has 1 aromatic rings. The molecule has 3 saturated heterocycles. The molecule has 3 aliphatic rings. The Hall–Kier alpha value is -2.65. The lowest BCUT2D eigenvalue weighted by molar-refractivity contribution is -0.148. The average molecular weight is 446 g/mol. The molecule has 0 bridgehead atoms. The van der Waals surface area contributed by atoms with Gasteiger partial charge in [-0.25, -0.2) is 10.3 Å². The summed E-state index contributed by atoms with van der Waals surface area (Å²) in [6.07, 6.45) is 1.97. The lowest BCUT2D eigenvalue weighted by Crippen LogP contribution is -2.54. The van der Waals surface area contributed by atoms with Crippen LogP contribution in [0.3, 0.4) is 0 Å². The Bertz CT molecular complexity index is 805. The summed E-state index contributed by atoms with van der Waals surface area (Å²) in [5.41, 5.74) is 2.96. The van der Waals surface area contributed by atoms with Gasteiger partial charge in [-0.15, -0.1) is 0 Å². The first-order valence-corrected chi connectivity index (χ1v) is 11.4. The van der Waals surface area contributed by atoms with Gasteiger partial charge < -0.3 is 19.3 Å². The number of hydroxylamine groups is 1. The highest BCUT2D eigenvalue weighted by molar-refractivity contribution is 5.88. The van der Waals surface area contributed by atoms with Gasteiger partial charge in [0.25, 0.3) is 0 Å². The number of hydrogen-bond donors (Lipinski definition) is 2. The molecule has 3 fully saturated rings. The first kappa shape index (κ1) is 22.5. The van der Waals surface area contributed by atoms with Crippen molar-refractivity contribution in [3.05, 3.63) is 35.9 Å². The summed E-state index contributed by atoms with van der Waals surface area (Å²) in [4.78, 5) is 41.5. The first-order valence-electron chi connectivity index (χ1n) is 11.4. The molecule has 0 unspecified atom stereocenters. The number of amides is 3. The molecule has 0 saturated carbocycles. The van der Waals surface area contributed by atoms with E-state index in [0.717, 1.165) is 12.8 Å². The van der Waals surface area contributed by atoms with Gasteiger partial charge in [-0.05, 0) is 30.7 Å². The molecule has 9 nitrogen and oxygen atoms in total. The van der Waals surface area contributed by atoms with Crippen LogP contribution in [0, 0.1) is 11.8 Å². The molecule has 1 aromatic carbocycles. The number of piperidine rings is 2. The molecule has 3 aliphatic heterocycles. The van der Waals surface area contributed by atoms with Crippen molar-refractivity contribution in [1.29, 1.82) is 0 Å². The van der Waals surface area contributed by atoms with Crippen LogP contribution in [0.15, 0.2) is 30.3 Å². The van der Waals surface area contributed by atoms with Crippen LogP contribution >= 0.6 is 0 Å². The van der Waals surface area contributed by atoms with Crippen LogP contribution in [-0.2, 0) is 19.1 Å². The van der Waals surface area contributed by atoms with Crippen LogP contribution in [-0.4, -0.2) is 78.4 Å². The van der Waals surface area contributed by atoms with Gasteiger partial charge in [0.1, 0.15) is 6.10 Å². The standard InChI is InChI=1S/C23H31N3O6/c27-21(24-30)20-14-26(23(29)32-18-9-13-31-15-18)12-8-19(20)22(28)25-10-6-17(7-11-25)16-4-2-1-3-5-16/h1-5,17-20,30H,6-15H2,(H,24,27)/t18-,19+,20+/m1/s1. The van der Waals surface area contributed by atoms with Crippen LogP contribution in [0.25, 0.3) is 0 Å². The Kier molecular flexibility index (Phi) is 7.26. The summed E-state index contributed by atoms with van der Waals surface area (Å²) in [5.74, 6) is -1.70. The van der Waals surface area contributed by atoms with E-state index in [1.165, 1.54) is 10.5 Å². The first-order chi connectivity index (χ1) is 15.6. The van der Waals surface area contributed by atoms with Crippen molar-refractivity contribution in [2.75, 3.05) is 39.4 Å². The van der Waals surface area contributed by atoms with Gasteiger partial charge in [0, 0.05) is 32.6 Å². The summed E-state index contributed by atoms with van der Waals surface area (Å²) < 4.78 is 10.7. The molecule has 32 heavy (non-hydrogen) atoms. The number of likely N-dealkylation sites (tertiary alicyclic amines) is 2. The third kappa shape index (κ3) is 5.05. The van der Waals surface area contributed by atoms with Crippen LogP contribution < -0.4 is 5.48 Å². The monoisotopic (exact) mass is 445 g/mol. The quantitative estimate of drug-likeness (QED) is 0.540. The van der Waals surface area contributed by atoms with Crippen molar-refractivity contribution in [3.8, 4) is 0 Å². The van der Waals surface area contributed by atoms with Crippen LogP contribution in [0.2, 0.25) is 0 Å².